The molecule has 3 aromatic rings. The summed E-state index contributed by atoms with van der Waals surface area (Å²) in [6.07, 6.45) is 4.22. The average Bonchev–Trinajstić information content (AvgIpc) is 3.47. The van der Waals surface area contributed by atoms with Crippen LogP contribution in [-0.2, 0) is 49.8 Å². The highest BCUT2D eigenvalue weighted by Crippen LogP contribution is 2.16. The number of phenolic OH excluding ortho intramolecular Hbond substituents is 1. The number of methoxy groups -OCH3 is 1. The van der Waals surface area contributed by atoms with Gasteiger partial charge >= 0.3 is 5.97 Å². The molecular weight excluding hydrogens is 556 g/mol. The molecule has 13 heteroatoms. The highest BCUT2D eigenvalue weighted by Gasteiger charge is 2.23. The van der Waals surface area contributed by atoms with Crippen LogP contribution >= 0.6 is 0 Å². The highest BCUT2D eigenvalue weighted by atomic mass is 16.5. The first-order chi connectivity index (χ1) is 20.8. The predicted molar refractivity (Wildman–Crippen MR) is 154 cm³/mol. The van der Waals surface area contributed by atoms with Crippen molar-refractivity contribution in [1.29, 1.82) is 0 Å². The lowest BCUT2D eigenvalue weighted by atomic mass is 9.95. The van der Waals surface area contributed by atoms with Crippen LogP contribution in [0.3, 0.4) is 0 Å². The Labute approximate surface area is 249 Å². The Kier molecular flexibility index (Phi) is 13.1. The molecule has 0 bridgehead atoms. The predicted octanol–water partition coefficient (Wildman–Crippen LogP) is 1.82. The van der Waals surface area contributed by atoms with Gasteiger partial charge in [-0.25, -0.2) is 10.3 Å². The zero-order valence-corrected chi connectivity index (χ0v) is 24.1. The molecule has 13 nitrogen and oxygen atoms in total. The average molecular weight is 595 g/mol. The van der Waals surface area contributed by atoms with Crippen LogP contribution in [0.5, 0.6) is 5.75 Å². The number of phenols is 1. The van der Waals surface area contributed by atoms with E-state index in [1.807, 2.05) is 30.3 Å². The van der Waals surface area contributed by atoms with E-state index in [0.717, 1.165) is 17.5 Å². The van der Waals surface area contributed by atoms with E-state index >= 15 is 0 Å². The molecule has 2 aromatic carbocycles. The number of hydrogen-bond donors (Lipinski definition) is 5. The summed E-state index contributed by atoms with van der Waals surface area (Å²) in [5.74, 6) is -2.37. The van der Waals surface area contributed by atoms with Crippen molar-refractivity contribution in [3.8, 4) is 5.75 Å². The molecule has 230 valence electrons. The Morgan fingerprint density at radius 3 is 2.42 bits per heavy atom. The van der Waals surface area contributed by atoms with Gasteiger partial charge in [0.15, 0.2) is 0 Å². The molecule has 3 amide bonds. The third-order valence-electron chi connectivity index (χ3n) is 6.81. The van der Waals surface area contributed by atoms with Crippen molar-refractivity contribution in [2.45, 2.75) is 64.1 Å². The summed E-state index contributed by atoms with van der Waals surface area (Å²) in [6.45, 7) is 0.487. The van der Waals surface area contributed by atoms with Gasteiger partial charge in [-0.05, 0) is 48.9 Å². The van der Waals surface area contributed by atoms with Crippen molar-refractivity contribution in [2.24, 2.45) is 5.92 Å². The lowest BCUT2D eigenvalue weighted by molar-refractivity contribution is -0.145. The molecule has 5 N–H and O–H groups in total. The third-order valence-corrected chi connectivity index (χ3v) is 6.81. The highest BCUT2D eigenvalue weighted by molar-refractivity contribution is 5.85. The normalized spacial score (nSPS) is 12.1. The molecule has 1 unspecified atom stereocenters. The number of nitrogens with zero attached hydrogens (tertiary/aromatic N) is 3. The molecule has 0 saturated heterocycles. The van der Waals surface area contributed by atoms with Crippen LogP contribution in [0.2, 0.25) is 0 Å². The minimum Gasteiger partial charge on any atom is -0.508 e. The number of amides is 3. The minimum atomic E-state index is -0.866. The van der Waals surface area contributed by atoms with Gasteiger partial charge in [-0.3, -0.25) is 24.3 Å². The topological polar surface area (TPSA) is 185 Å². The van der Waals surface area contributed by atoms with Crippen LogP contribution in [0.1, 0.15) is 48.9 Å². The Morgan fingerprint density at radius 2 is 1.72 bits per heavy atom. The summed E-state index contributed by atoms with van der Waals surface area (Å²) in [6, 6.07) is 15.3. The van der Waals surface area contributed by atoms with Crippen LogP contribution in [0.4, 0.5) is 0 Å². The van der Waals surface area contributed by atoms with Crippen molar-refractivity contribution >= 4 is 23.7 Å². The van der Waals surface area contributed by atoms with Gasteiger partial charge in [0.05, 0.1) is 19.9 Å². The summed E-state index contributed by atoms with van der Waals surface area (Å²) in [7, 11) is 1.25. The first-order valence-corrected chi connectivity index (χ1v) is 14.1. The summed E-state index contributed by atoms with van der Waals surface area (Å²) in [5.41, 5.74) is 3.99. The minimum absolute atomic E-state index is 0.104. The number of nitrogens with one attached hydrogen (secondary N) is 3. The number of ether oxygens (including phenoxy) is 1. The maximum absolute atomic E-state index is 12.8. The van der Waals surface area contributed by atoms with Gasteiger partial charge in [0.25, 0.3) is 0 Å². The van der Waals surface area contributed by atoms with E-state index in [0.29, 0.717) is 31.5 Å². The molecular formula is C30H38N6O7. The second-order valence-corrected chi connectivity index (χ2v) is 10.1. The van der Waals surface area contributed by atoms with Crippen molar-refractivity contribution in [3.05, 3.63) is 77.6 Å². The number of carbonyl (C=O) groups excluding carboxylic acids is 4. The fourth-order valence-corrected chi connectivity index (χ4v) is 4.51. The standard InChI is InChI=1S/C30H38N6O7/c1-43-30(41)26(17-22-12-14-25(37)15-13-22)32-27(38)11-6-16-36-20-24(33-35-36)19-31-29(40)23(18-28(39)34-42)10-5-9-21-7-3-2-4-8-21/h2-4,7-8,12-15,20,23,26,37,42H,5-6,9-11,16-19H2,1H3,(H,31,40)(H,32,38)(H,34,39)/t23?,26-/m0/s1. The van der Waals surface area contributed by atoms with E-state index in [2.05, 4.69) is 20.9 Å². The number of aryl methyl sites for hydroxylation is 2. The maximum Gasteiger partial charge on any atom is 0.328 e. The number of aromatic hydroxyl groups is 1. The number of esters is 1. The molecule has 3 rings (SSSR count). The van der Waals surface area contributed by atoms with Gasteiger partial charge < -0.3 is 20.5 Å². The smallest absolute Gasteiger partial charge is 0.328 e. The Balaban J connectivity index is 1.43. The van der Waals surface area contributed by atoms with E-state index < -0.39 is 23.8 Å². The van der Waals surface area contributed by atoms with Gasteiger partial charge in [-0.1, -0.05) is 47.7 Å². The van der Waals surface area contributed by atoms with Crippen LogP contribution in [0.25, 0.3) is 0 Å². The molecule has 0 aliphatic carbocycles. The number of aromatic nitrogens is 3. The van der Waals surface area contributed by atoms with E-state index in [9.17, 15) is 24.3 Å². The Hall–Kier alpha value is -4.78. The molecule has 0 aliphatic heterocycles. The molecule has 1 heterocycles. The second-order valence-electron chi connectivity index (χ2n) is 10.1. The zero-order chi connectivity index (χ0) is 31.0. The zero-order valence-electron chi connectivity index (χ0n) is 24.1. The summed E-state index contributed by atoms with van der Waals surface area (Å²) < 4.78 is 6.37. The maximum atomic E-state index is 12.8. The lowest BCUT2D eigenvalue weighted by Gasteiger charge is -2.16. The SMILES string of the molecule is COC(=O)[C@H](Cc1ccc(O)cc1)NC(=O)CCCn1cc(CNC(=O)C(CCCc2ccccc2)CC(=O)NO)nn1. The van der Waals surface area contributed by atoms with Crippen LogP contribution in [0.15, 0.2) is 60.8 Å². The number of hydrogen-bond acceptors (Lipinski definition) is 9. The third kappa shape index (κ3) is 11.6. The van der Waals surface area contributed by atoms with Gasteiger partial charge in [-0.2, -0.15) is 0 Å². The summed E-state index contributed by atoms with van der Waals surface area (Å²) >= 11 is 0. The Bertz CT molecular complexity index is 1330. The van der Waals surface area contributed by atoms with Crippen LogP contribution in [-0.4, -0.2) is 62.2 Å². The molecule has 0 fully saturated rings. The van der Waals surface area contributed by atoms with E-state index in [-0.39, 0.29) is 43.4 Å². The lowest BCUT2D eigenvalue weighted by Crippen LogP contribution is -2.43. The largest absolute Gasteiger partial charge is 0.508 e. The van der Waals surface area contributed by atoms with Gasteiger partial charge in [0.1, 0.15) is 17.5 Å². The first-order valence-electron chi connectivity index (χ1n) is 14.1. The van der Waals surface area contributed by atoms with Gasteiger partial charge in [-0.15, -0.1) is 5.10 Å². The van der Waals surface area contributed by atoms with E-state index in [1.54, 1.807) is 28.5 Å². The Morgan fingerprint density at radius 1 is 0.977 bits per heavy atom. The van der Waals surface area contributed by atoms with E-state index in [1.165, 1.54) is 19.2 Å². The fourth-order valence-electron chi connectivity index (χ4n) is 4.51. The van der Waals surface area contributed by atoms with Crippen molar-refractivity contribution in [1.82, 2.24) is 31.1 Å². The molecule has 0 aliphatic rings. The van der Waals surface area contributed by atoms with Crippen LogP contribution < -0.4 is 16.1 Å². The van der Waals surface area contributed by atoms with Gasteiger partial charge in [0, 0.05) is 31.7 Å². The first kappa shape index (κ1) is 32.7. The molecule has 43 heavy (non-hydrogen) atoms. The van der Waals surface area contributed by atoms with Gasteiger partial charge in [0.2, 0.25) is 17.7 Å². The number of rotatable bonds is 17. The molecule has 0 spiro atoms. The number of hydroxylamine groups is 1. The fraction of sp³-hybridized carbons (Fsp3) is 0.400. The van der Waals surface area contributed by atoms with Crippen molar-refractivity contribution < 1.29 is 34.2 Å². The molecule has 0 radical (unpaired) electrons. The summed E-state index contributed by atoms with van der Waals surface area (Å²) in [5, 5.41) is 32.0. The number of carbonyl (C=O) groups is 4. The van der Waals surface area contributed by atoms with Crippen molar-refractivity contribution in [3.63, 3.8) is 0 Å². The summed E-state index contributed by atoms with van der Waals surface area (Å²) in [4.78, 5) is 49.3. The van der Waals surface area contributed by atoms with Crippen LogP contribution in [0, 0.1) is 5.92 Å². The molecule has 1 aromatic heterocycles. The quantitative estimate of drug-likeness (QED) is 0.0883. The monoisotopic (exact) mass is 594 g/mol. The second kappa shape index (κ2) is 17.2. The number of benzene rings is 2. The van der Waals surface area contributed by atoms with Crippen molar-refractivity contribution in [2.75, 3.05) is 7.11 Å². The molecule has 0 saturated carbocycles. The molecule has 2 atom stereocenters. The van der Waals surface area contributed by atoms with E-state index in [4.69, 9.17) is 9.94 Å².